The first-order chi connectivity index (χ1) is 33.3. The number of piperazine rings is 1. The molecular formula is C52H68N8O8S2. The standard InChI is InChI=1S/C52H68N8O8S2/c1-32(2)41-31-69-48(56-41)40-28-44(37-17-18-43(67-7)33(3)45(37)55-40)68-36-27-42(46(53)61)60(30-36)50(64)39(54-35-15-13-14-34(26-35)49(63)59-24-22-58(6)23-25-59)16-11-9-8-10-12-19-51(4)29-38(51)47(62)57-70(65,66)52(5)20-21-52/h12-15,17-19,26,28,31-32,36,38-39,42,54H,8-11,16,20-25,27,29-30H2,1-7H3,(H2,53,61)(H,57,62)/b19-12-/t36-,38-,39+,42+,51?/m1/s1. The number of carbonyl (C=O) groups is 4. The number of hydrogen-bond acceptors (Lipinski definition) is 13. The van der Waals surface area contributed by atoms with Gasteiger partial charge in [0.1, 0.15) is 40.4 Å². The summed E-state index contributed by atoms with van der Waals surface area (Å²) in [7, 11) is -0.0242. The fourth-order valence-corrected chi connectivity index (χ4v) is 11.7. The average Bonchev–Trinajstić information content (AvgIpc) is 4.09. The second-order valence-electron chi connectivity index (χ2n) is 20.5. The van der Waals surface area contributed by atoms with Crippen LogP contribution in [0.4, 0.5) is 5.69 Å². The lowest BCUT2D eigenvalue weighted by Gasteiger charge is -2.32. The number of thiazole rings is 1. The van der Waals surface area contributed by atoms with E-state index in [0.29, 0.717) is 79.2 Å². The van der Waals surface area contributed by atoms with Crippen LogP contribution < -0.4 is 25.2 Å². The van der Waals surface area contributed by atoms with Crippen LogP contribution in [-0.2, 0) is 24.4 Å². The van der Waals surface area contributed by atoms with Crippen molar-refractivity contribution in [2.45, 2.75) is 121 Å². The Hall–Kier alpha value is -5.59. The van der Waals surface area contributed by atoms with Gasteiger partial charge in [0.15, 0.2) is 0 Å². The Morgan fingerprint density at radius 2 is 1.76 bits per heavy atom. The first-order valence-corrected chi connectivity index (χ1v) is 26.9. The molecule has 2 aromatic carbocycles. The minimum atomic E-state index is -3.68. The van der Waals surface area contributed by atoms with E-state index in [9.17, 15) is 27.6 Å². The van der Waals surface area contributed by atoms with Gasteiger partial charge in [0.25, 0.3) is 5.91 Å². The van der Waals surface area contributed by atoms with Gasteiger partial charge >= 0.3 is 0 Å². The summed E-state index contributed by atoms with van der Waals surface area (Å²) >= 11 is 1.51. The number of allylic oxidation sites excluding steroid dienone is 2. The van der Waals surface area contributed by atoms with E-state index >= 15 is 0 Å². The summed E-state index contributed by atoms with van der Waals surface area (Å²) in [6.07, 6.45) is 8.88. The van der Waals surface area contributed by atoms with Gasteiger partial charge in [0, 0.05) is 72.2 Å². The fraction of sp³-hybridized carbons (Fsp3) is 0.538. The van der Waals surface area contributed by atoms with Gasteiger partial charge in [-0.05, 0) is 101 Å². The monoisotopic (exact) mass is 996 g/mol. The SMILES string of the molecule is COc1ccc2c(O[C@@H]3C[C@@H](C(N)=O)N(C(=O)[C@H](CCCCC/C=C\C4(C)C[C@@H]4C(=O)NS(=O)(=O)C4(C)CC4)Nc4cccc(C(=O)N5CCN(C)CC5)c4)C3)cc(-c3nc(C(C)C)cs3)nc2c1C. The van der Waals surface area contributed by atoms with E-state index in [1.165, 1.54) is 11.3 Å². The quantitative estimate of drug-likeness (QED) is 0.0603. The van der Waals surface area contributed by atoms with Gasteiger partial charge in [-0.2, -0.15) is 0 Å². The summed E-state index contributed by atoms with van der Waals surface area (Å²) in [6.45, 7) is 12.7. The number of anilines is 1. The van der Waals surface area contributed by atoms with E-state index in [4.69, 9.17) is 25.2 Å². The van der Waals surface area contributed by atoms with Crippen molar-refractivity contribution in [3.8, 4) is 22.2 Å². The summed E-state index contributed by atoms with van der Waals surface area (Å²) < 4.78 is 39.2. The van der Waals surface area contributed by atoms with Crippen LogP contribution in [0.1, 0.15) is 113 Å². The van der Waals surface area contributed by atoms with Crippen LogP contribution in [0.25, 0.3) is 21.6 Å². The lowest BCUT2D eigenvalue weighted by atomic mass is 10.0. The highest BCUT2D eigenvalue weighted by molar-refractivity contribution is 7.91. The second kappa shape index (κ2) is 20.6. The number of aryl methyl sites for hydroxylation is 1. The van der Waals surface area contributed by atoms with Gasteiger partial charge in [-0.3, -0.25) is 23.9 Å². The molecule has 16 nitrogen and oxygen atoms in total. The van der Waals surface area contributed by atoms with Crippen molar-refractivity contribution in [1.82, 2.24) is 29.4 Å². The Morgan fingerprint density at radius 3 is 2.44 bits per heavy atom. The van der Waals surface area contributed by atoms with E-state index < -0.39 is 50.2 Å². The minimum absolute atomic E-state index is 0.0682. The number of primary amides is 1. The predicted molar refractivity (Wildman–Crippen MR) is 272 cm³/mol. The molecule has 70 heavy (non-hydrogen) atoms. The number of pyridine rings is 1. The molecular weight excluding hydrogens is 929 g/mol. The summed E-state index contributed by atoms with van der Waals surface area (Å²) in [6, 6.07) is 11.2. The number of methoxy groups -OCH3 is 1. The Balaban J connectivity index is 0.973. The largest absolute Gasteiger partial charge is 0.496 e. The van der Waals surface area contributed by atoms with Gasteiger partial charge in [-0.15, -0.1) is 11.3 Å². The van der Waals surface area contributed by atoms with Gasteiger partial charge in [0.05, 0.1) is 29.6 Å². The number of carbonyl (C=O) groups excluding carboxylic acids is 4. The minimum Gasteiger partial charge on any atom is -0.496 e. The summed E-state index contributed by atoms with van der Waals surface area (Å²) in [5, 5.41) is 7.00. The van der Waals surface area contributed by atoms with E-state index in [-0.39, 0.29) is 36.6 Å². The third kappa shape index (κ3) is 11.1. The number of likely N-dealkylation sites (tertiary alicyclic amines) is 1. The van der Waals surface area contributed by atoms with Crippen molar-refractivity contribution < 1.29 is 37.1 Å². The van der Waals surface area contributed by atoms with Gasteiger partial charge in [-0.25, -0.2) is 18.4 Å². The smallest absolute Gasteiger partial charge is 0.254 e. The van der Waals surface area contributed by atoms with Crippen molar-refractivity contribution in [2.75, 3.05) is 52.2 Å². The van der Waals surface area contributed by atoms with Crippen molar-refractivity contribution in [3.63, 3.8) is 0 Å². The topological polar surface area (TPSA) is 206 Å². The number of rotatable bonds is 20. The van der Waals surface area contributed by atoms with Crippen LogP contribution in [0.2, 0.25) is 0 Å². The molecule has 4 amide bonds. The first kappa shape index (κ1) is 50.8. The number of benzene rings is 2. The predicted octanol–water partition coefficient (Wildman–Crippen LogP) is 7.03. The van der Waals surface area contributed by atoms with E-state index in [1.807, 2.05) is 67.6 Å². The molecule has 4 aliphatic rings. The van der Waals surface area contributed by atoms with Crippen molar-refractivity contribution in [3.05, 3.63) is 76.8 Å². The molecule has 0 radical (unpaired) electrons. The van der Waals surface area contributed by atoms with Gasteiger partial charge in [-0.1, -0.05) is 51.8 Å². The maximum Gasteiger partial charge on any atom is 0.254 e. The zero-order valence-electron chi connectivity index (χ0n) is 41.5. The van der Waals surface area contributed by atoms with Crippen LogP contribution >= 0.6 is 11.3 Å². The van der Waals surface area contributed by atoms with Crippen LogP contribution in [0.3, 0.4) is 0 Å². The van der Waals surface area contributed by atoms with Crippen molar-refractivity contribution in [1.29, 1.82) is 0 Å². The number of likely N-dealkylation sites (N-methyl/N-ethyl adjacent to an activating group) is 1. The zero-order chi connectivity index (χ0) is 50.1. The molecule has 4 heterocycles. The third-order valence-electron chi connectivity index (χ3n) is 14.7. The van der Waals surface area contributed by atoms with Crippen molar-refractivity contribution >= 4 is 61.6 Å². The highest BCUT2D eigenvalue weighted by Gasteiger charge is 2.56. The maximum absolute atomic E-state index is 14.9. The molecule has 2 saturated carbocycles. The van der Waals surface area contributed by atoms with E-state index in [2.05, 4.69) is 34.9 Å². The normalized spacial score (nSPS) is 22.6. The third-order valence-corrected chi connectivity index (χ3v) is 17.8. The van der Waals surface area contributed by atoms with Crippen LogP contribution in [0.5, 0.6) is 11.5 Å². The number of nitrogens with one attached hydrogen (secondary N) is 2. The molecule has 4 aromatic rings. The molecule has 1 unspecified atom stereocenters. The van der Waals surface area contributed by atoms with Gasteiger partial charge < -0.3 is 35.2 Å². The number of nitrogens with zero attached hydrogens (tertiary/aromatic N) is 5. The number of ether oxygens (including phenoxy) is 2. The number of hydrogen-bond donors (Lipinski definition) is 3. The van der Waals surface area contributed by atoms with Crippen LogP contribution in [-0.4, -0.2) is 127 Å². The summed E-state index contributed by atoms with van der Waals surface area (Å²) in [5.41, 5.74) is 9.97. The number of sulfonamides is 1. The molecule has 5 atom stereocenters. The molecule has 18 heteroatoms. The highest BCUT2D eigenvalue weighted by Crippen LogP contribution is 2.54. The molecule has 0 spiro atoms. The Kier molecular flexibility index (Phi) is 15.0. The molecule has 2 aliphatic heterocycles. The van der Waals surface area contributed by atoms with Crippen LogP contribution in [0.15, 0.2) is 60.0 Å². The zero-order valence-corrected chi connectivity index (χ0v) is 43.1. The number of aromatic nitrogens is 2. The second-order valence-corrected chi connectivity index (χ2v) is 23.6. The summed E-state index contributed by atoms with van der Waals surface area (Å²) in [4.78, 5) is 70.1. The maximum atomic E-state index is 14.9. The van der Waals surface area contributed by atoms with E-state index in [0.717, 1.165) is 54.0 Å². The molecule has 4 fully saturated rings. The molecule has 2 aliphatic carbocycles. The van der Waals surface area contributed by atoms with Crippen molar-refractivity contribution in [2.24, 2.45) is 17.1 Å². The molecule has 2 aromatic heterocycles. The van der Waals surface area contributed by atoms with E-state index in [1.54, 1.807) is 31.1 Å². The molecule has 8 rings (SSSR count). The number of nitrogens with two attached hydrogens (primary N) is 1. The first-order valence-electron chi connectivity index (χ1n) is 24.6. The molecule has 2 saturated heterocycles. The Labute approximate surface area is 415 Å². The number of amides is 4. The fourth-order valence-electron chi connectivity index (χ4n) is 9.51. The Morgan fingerprint density at radius 1 is 1.00 bits per heavy atom. The Bertz CT molecular complexity index is 2770. The van der Waals surface area contributed by atoms with Crippen LogP contribution in [0, 0.1) is 18.3 Å². The molecule has 0 bridgehead atoms. The molecule has 4 N–H and O–H groups in total. The number of unbranched alkanes of at least 4 members (excludes halogenated alkanes) is 3. The lowest BCUT2D eigenvalue weighted by Crippen LogP contribution is -2.49. The average molecular weight is 997 g/mol. The lowest BCUT2D eigenvalue weighted by molar-refractivity contribution is -0.138. The molecule has 376 valence electrons. The van der Waals surface area contributed by atoms with Gasteiger partial charge in [0.2, 0.25) is 27.7 Å². The highest BCUT2D eigenvalue weighted by atomic mass is 32.2. The number of fused-ring (bicyclic) bond motifs is 1. The summed E-state index contributed by atoms with van der Waals surface area (Å²) in [5.74, 6) is -0.338.